The SMILES string of the molecule is COC(=O)[C@@H](N)Cc1ccc(N(C(=O)OCc2ccccc2)C(N)=NC(=O)OCc2ccccc2)cc1. The fourth-order valence-electron chi connectivity index (χ4n) is 3.28. The van der Waals surface area contributed by atoms with Crippen LogP contribution in [-0.2, 0) is 38.6 Å². The van der Waals surface area contributed by atoms with Gasteiger partial charge < -0.3 is 25.7 Å². The van der Waals surface area contributed by atoms with Crippen LogP contribution in [0.3, 0.4) is 0 Å². The molecule has 2 amide bonds. The van der Waals surface area contributed by atoms with Gasteiger partial charge in [0.2, 0.25) is 5.96 Å². The van der Waals surface area contributed by atoms with Crippen molar-refractivity contribution in [3.63, 3.8) is 0 Å². The number of benzene rings is 3. The summed E-state index contributed by atoms with van der Waals surface area (Å²) in [6, 6.07) is 23.8. The van der Waals surface area contributed by atoms with Crippen molar-refractivity contribution >= 4 is 29.8 Å². The quantitative estimate of drug-likeness (QED) is 0.205. The van der Waals surface area contributed by atoms with Gasteiger partial charge >= 0.3 is 18.2 Å². The van der Waals surface area contributed by atoms with Crippen LogP contribution in [0.25, 0.3) is 0 Å². The van der Waals surface area contributed by atoms with Gasteiger partial charge in [-0.2, -0.15) is 0 Å². The molecule has 0 radical (unpaired) electrons. The minimum Gasteiger partial charge on any atom is -0.468 e. The number of nitrogens with zero attached hydrogens (tertiary/aromatic N) is 2. The van der Waals surface area contributed by atoms with Gasteiger partial charge in [0.1, 0.15) is 19.3 Å². The number of guanidine groups is 1. The first kappa shape index (κ1) is 26.9. The highest BCUT2D eigenvalue weighted by molar-refractivity contribution is 6.15. The predicted molar refractivity (Wildman–Crippen MR) is 137 cm³/mol. The topological polar surface area (TPSA) is 147 Å². The summed E-state index contributed by atoms with van der Waals surface area (Å²) < 4.78 is 15.2. The van der Waals surface area contributed by atoms with E-state index in [2.05, 4.69) is 9.73 Å². The summed E-state index contributed by atoms with van der Waals surface area (Å²) in [5, 5.41) is 0. The maximum absolute atomic E-state index is 13.0. The molecule has 0 heterocycles. The summed E-state index contributed by atoms with van der Waals surface area (Å²) in [7, 11) is 1.26. The van der Waals surface area contributed by atoms with E-state index in [0.717, 1.165) is 21.6 Å². The molecule has 10 heteroatoms. The Hall–Kier alpha value is -4.70. The van der Waals surface area contributed by atoms with Crippen molar-refractivity contribution in [3.8, 4) is 0 Å². The first-order valence-electron chi connectivity index (χ1n) is 11.4. The average molecular weight is 505 g/mol. The van der Waals surface area contributed by atoms with Crippen LogP contribution in [0, 0.1) is 0 Å². The van der Waals surface area contributed by atoms with E-state index >= 15 is 0 Å². The number of methoxy groups -OCH3 is 1. The van der Waals surface area contributed by atoms with E-state index in [4.69, 9.17) is 20.9 Å². The number of carbonyl (C=O) groups excluding carboxylic acids is 3. The molecule has 0 aromatic heterocycles. The monoisotopic (exact) mass is 504 g/mol. The molecule has 0 unspecified atom stereocenters. The van der Waals surface area contributed by atoms with Crippen molar-refractivity contribution in [2.75, 3.05) is 12.0 Å². The first-order chi connectivity index (χ1) is 17.9. The largest absolute Gasteiger partial charge is 0.468 e. The maximum Gasteiger partial charge on any atom is 0.437 e. The highest BCUT2D eigenvalue weighted by atomic mass is 16.6. The molecule has 0 saturated heterocycles. The molecular formula is C27H28N4O6. The Bertz CT molecular complexity index is 1220. The Morgan fingerprint density at radius 3 is 1.89 bits per heavy atom. The predicted octanol–water partition coefficient (Wildman–Crippen LogP) is 3.52. The van der Waals surface area contributed by atoms with Crippen LogP contribution < -0.4 is 16.4 Å². The van der Waals surface area contributed by atoms with Gasteiger partial charge in [0.05, 0.1) is 12.8 Å². The minimum atomic E-state index is -0.970. The zero-order valence-electron chi connectivity index (χ0n) is 20.3. The summed E-state index contributed by atoms with van der Waals surface area (Å²) in [6.07, 6.45) is -1.59. The van der Waals surface area contributed by atoms with E-state index in [-0.39, 0.29) is 25.3 Å². The molecule has 192 valence electrons. The van der Waals surface area contributed by atoms with Gasteiger partial charge in [-0.15, -0.1) is 4.99 Å². The lowest BCUT2D eigenvalue weighted by molar-refractivity contribution is -0.142. The number of rotatable bonds is 8. The number of carbonyl (C=O) groups is 3. The Morgan fingerprint density at radius 2 is 1.35 bits per heavy atom. The van der Waals surface area contributed by atoms with Crippen molar-refractivity contribution in [2.24, 2.45) is 16.5 Å². The van der Waals surface area contributed by atoms with Crippen LogP contribution in [0.4, 0.5) is 15.3 Å². The second-order valence-electron chi connectivity index (χ2n) is 7.89. The van der Waals surface area contributed by atoms with Gasteiger partial charge in [-0.05, 0) is 35.2 Å². The lowest BCUT2D eigenvalue weighted by Crippen LogP contribution is -2.43. The Labute approximate surface area is 214 Å². The van der Waals surface area contributed by atoms with E-state index in [0.29, 0.717) is 0 Å². The van der Waals surface area contributed by atoms with Gasteiger partial charge in [-0.1, -0.05) is 72.8 Å². The van der Waals surface area contributed by atoms with E-state index in [1.165, 1.54) is 7.11 Å². The summed E-state index contributed by atoms with van der Waals surface area (Å²) in [5.74, 6) is -0.976. The third-order valence-corrected chi connectivity index (χ3v) is 5.18. The number of hydrogen-bond acceptors (Lipinski definition) is 7. The number of ether oxygens (including phenoxy) is 3. The van der Waals surface area contributed by atoms with Crippen LogP contribution in [0.2, 0.25) is 0 Å². The third-order valence-electron chi connectivity index (χ3n) is 5.18. The molecule has 1 atom stereocenters. The van der Waals surface area contributed by atoms with Gasteiger partial charge in [0.15, 0.2) is 0 Å². The molecule has 0 aliphatic heterocycles. The Kier molecular flexibility index (Phi) is 9.74. The molecule has 3 aromatic carbocycles. The molecule has 4 N–H and O–H groups in total. The molecule has 0 spiro atoms. The molecule has 10 nitrogen and oxygen atoms in total. The Balaban J connectivity index is 1.77. The maximum atomic E-state index is 13.0. The van der Waals surface area contributed by atoms with Crippen LogP contribution in [-0.4, -0.2) is 37.3 Å². The third kappa shape index (κ3) is 8.18. The van der Waals surface area contributed by atoms with E-state index in [1.807, 2.05) is 36.4 Å². The summed E-state index contributed by atoms with van der Waals surface area (Å²) >= 11 is 0. The molecule has 0 aliphatic carbocycles. The number of hydrogen-bond donors (Lipinski definition) is 2. The van der Waals surface area contributed by atoms with Gasteiger partial charge in [0, 0.05) is 0 Å². The molecule has 37 heavy (non-hydrogen) atoms. The van der Waals surface area contributed by atoms with Crippen molar-refractivity contribution in [2.45, 2.75) is 25.7 Å². The highest BCUT2D eigenvalue weighted by Gasteiger charge is 2.23. The molecule has 0 aliphatic rings. The number of nitrogens with two attached hydrogens (primary N) is 2. The van der Waals surface area contributed by atoms with Crippen LogP contribution in [0.5, 0.6) is 0 Å². The molecule has 0 fully saturated rings. The zero-order chi connectivity index (χ0) is 26.6. The van der Waals surface area contributed by atoms with Crippen molar-refractivity contribution in [3.05, 3.63) is 102 Å². The fraction of sp³-hybridized carbons (Fsp3) is 0.185. The summed E-state index contributed by atoms with van der Waals surface area (Å²) in [5.41, 5.74) is 14.4. The minimum absolute atomic E-state index is 0.00987. The number of esters is 1. The first-order valence-corrected chi connectivity index (χ1v) is 11.4. The molecule has 3 aromatic rings. The normalized spacial score (nSPS) is 11.8. The lowest BCUT2D eigenvalue weighted by atomic mass is 10.1. The van der Waals surface area contributed by atoms with E-state index in [1.54, 1.807) is 48.5 Å². The highest BCUT2D eigenvalue weighted by Crippen LogP contribution is 2.18. The molecular weight excluding hydrogens is 476 g/mol. The number of aliphatic imine (C=N–C) groups is 1. The average Bonchev–Trinajstić information content (AvgIpc) is 2.92. The zero-order valence-corrected chi connectivity index (χ0v) is 20.3. The van der Waals surface area contributed by atoms with Gasteiger partial charge in [-0.25, -0.2) is 14.5 Å². The van der Waals surface area contributed by atoms with Gasteiger partial charge in [-0.3, -0.25) is 4.79 Å². The van der Waals surface area contributed by atoms with Crippen molar-refractivity contribution < 1.29 is 28.6 Å². The van der Waals surface area contributed by atoms with Gasteiger partial charge in [0.25, 0.3) is 0 Å². The van der Waals surface area contributed by atoms with E-state index < -0.39 is 30.2 Å². The molecule has 0 saturated carbocycles. The summed E-state index contributed by atoms with van der Waals surface area (Å²) in [4.78, 5) is 41.6. The fourth-order valence-corrected chi connectivity index (χ4v) is 3.28. The number of amides is 2. The standard InChI is InChI=1S/C27H28N4O6/c1-35-24(32)23(28)16-19-12-14-22(15-13-19)31(27(34)37-18-21-10-6-3-7-11-21)25(29)30-26(33)36-17-20-8-4-2-5-9-20/h2-15,23H,16-18,28H2,1H3,(H2,29,30,33)/t23-/m0/s1. The lowest BCUT2D eigenvalue weighted by Gasteiger charge is -2.21. The van der Waals surface area contributed by atoms with Crippen molar-refractivity contribution in [1.29, 1.82) is 0 Å². The second kappa shape index (κ2) is 13.4. The molecule has 3 rings (SSSR count). The second-order valence-corrected chi connectivity index (χ2v) is 7.89. The van der Waals surface area contributed by atoms with E-state index in [9.17, 15) is 14.4 Å². The van der Waals surface area contributed by atoms with Crippen LogP contribution >= 0.6 is 0 Å². The molecule has 0 bridgehead atoms. The van der Waals surface area contributed by atoms with Crippen molar-refractivity contribution in [1.82, 2.24) is 0 Å². The van der Waals surface area contributed by atoms with Crippen LogP contribution in [0.15, 0.2) is 89.9 Å². The Morgan fingerprint density at radius 1 is 0.811 bits per heavy atom. The summed E-state index contributed by atoms with van der Waals surface area (Å²) in [6.45, 7) is -0.0297. The smallest absolute Gasteiger partial charge is 0.437 e. The van der Waals surface area contributed by atoms with Crippen LogP contribution in [0.1, 0.15) is 16.7 Å². The number of anilines is 1.